The van der Waals surface area contributed by atoms with Crippen LogP contribution in [-0.4, -0.2) is 33.4 Å². The second kappa shape index (κ2) is 14.7. The van der Waals surface area contributed by atoms with Gasteiger partial charge >= 0.3 is 0 Å². The van der Waals surface area contributed by atoms with Crippen LogP contribution >= 0.6 is 25.3 Å². The van der Waals surface area contributed by atoms with Crippen molar-refractivity contribution in [2.45, 2.75) is 0 Å². The van der Waals surface area contributed by atoms with Gasteiger partial charge in [-0.2, -0.15) is 0 Å². The maximum Gasteiger partial charge on any atom is 0.279 e. The first-order valence-corrected chi connectivity index (χ1v) is 7.03. The molecule has 9 heteroatoms. The number of nitro benzene ring substituents is 1. The van der Waals surface area contributed by atoms with Crippen molar-refractivity contribution >= 4 is 41.4 Å². The van der Waals surface area contributed by atoms with Crippen LogP contribution in [0, 0.1) is 10.1 Å². The van der Waals surface area contributed by atoms with E-state index >= 15 is 0 Å². The largest absolute Gasteiger partial charge is 0.361 e. The molecule has 0 aliphatic rings. The zero-order chi connectivity index (χ0) is 18.3. The highest BCUT2D eigenvalue weighted by molar-refractivity contribution is 7.96. The molecule has 0 radical (unpaired) electrons. The molecule has 7 nitrogen and oxygen atoms in total. The summed E-state index contributed by atoms with van der Waals surface area (Å²) in [5, 5.41) is 9.12. The molecule has 0 aliphatic heterocycles. The van der Waals surface area contributed by atoms with Crippen molar-refractivity contribution in [1.29, 1.82) is 0 Å². The Morgan fingerprint density at radius 3 is 1.78 bits per heavy atom. The fourth-order valence-electron chi connectivity index (χ4n) is 1.09. The SMILES string of the molecule is C=CCN(CC=C)C(=O)S.NC(=O)S.O=[N+]([O-])c1ccccc1. The normalized spacial score (nSPS) is 8.26. The topological polar surface area (TPSA) is 107 Å². The molecule has 23 heavy (non-hydrogen) atoms. The lowest BCUT2D eigenvalue weighted by atomic mass is 10.3. The summed E-state index contributed by atoms with van der Waals surface area (Å²) in [4.78, 5) is 30.8. The molecule has 0 aromatic heterocycles. The van der Waals surface area contributed by atoms with E-state index in [1.165, 1.54) is 17.0 Å². The molecule has 1 aromatic carbocycles. The summed E-state index contributed by atoms with van der Waals surface area (Å²) in [6, 6.07) is 7.93. The van der Waals surface area contributed by atoms with Gasteiger partial charge in [-0.05, 0) is 0 Å². The zero-order valence-corrected chi connectivity index (χ0v) is 14.2. The number of non-ortho nitro benzene ring substituents is 1. The van der Waals surface area contributed by atoms with E-state index in [4.69, 9.17) is 4.79 Å². The highest BCUT2D eigenvalue weighted by Gasteiger charge is 2.02. The first-order valence-electron chi connectivity index (χ1n) is 6.13. The molecule has 0 aliphatic carbocycles. The fraction of sp³-hybridized carbons (Fsp3) is 0.143. The molecule has 126 valence electrons. The minimum absolute atomic E-state index is 0.137. The molecule has 0 spiro atoms. The molecular weight excluding hydrogens is 338 g/mol. The van der Waals surface area contributed by atoms with Crippen LogP contribution in [0.5, 0.6) is 0 Å². The first kappa shape index (κ1) is 23.0. The monoisotopic (exact) mass is 357 g/mol. The van der Waals surface area contributed by atoms with Crippen LogP contribution in [0.15, 0.2) is 55.6 Å². The molecule has 0 atom stereocenters. The minimum Gasteiger partial charge on any atom is -0.361 e. The molecule has 0 fully saturated rings. The highest BCUT2D eigenvalue weighted by atomic mass is 32.1. The van der Waals surface area contributed by atoms with Gasteiger partial charge < -0.3 is 10.6 Å². The van der Waals surface area contributed by atoms with E-state index in [0.717, 1.165) is 0 Å². The van der Waals surface area contributed by atoms with Gasteiger partial charge in [-0.3, -0.25) is 19.7 Å². The maximum atomic E-state index is 10.6. The summed E-state index contributed by atoms with van der Waals surface area (Å²) in [5.74, 6) is 0. The number of rotatable bonds is 5. The van der Waals surface area contributed by atoms with E-state index in [2.05, 4.69) is 44.1 Å². The molecule has 1 aromatic rings. The van der Waals surface area contributed by atoms with Crippen molar-refractivity contribution in [3.63, 3.8) is 0 Å². The Bertz CT molecular complexity index is 510. The Balaban J connectivity index is 0. The zero-order valence-electron chi connectivity index (χ0n) is 12.4. The lowest BCUT2D eigenvalue weighted by molar-refractivity contribution is -0.384. The number of primary amides is 1. The molecule has 0 unspecified atom stereocenters. The van der Waals surface area contributed by atoms with Gasteiger partial charge in [0.1, 0.15) is 0 Å². The average molecular weight is 357 g/mol. The van der Waals surface area contributed by atoms with E-state index in [9.17, 15) is 14.9 Å². The number of hydrogen-bond donors (Lipinski definition) is 3. The van der Waals surface area contributed by atoms with Crippen molar-refractivity contribution in [1.82, 2.24) is 4.90 Å². The van der Waals surface area contributed by atoms with E-state index < -0.39 is 10.2 Å². The minimum atomic E-state index is -0.639. The Morgan fingerprint density at radius 1 is 1.17 bits per heavy atom. The van der Waals surface area contributed by atoms with Gasteiger partial charge in [0.2, 0.25) is 0 Å². The molecule has 0 bridgehead atoms. The molecule has 0 heterocycles. The smallest absolute Gasteiger partial charge is 0.279 e. The summed E-state index contributed by atoms with van der Waals surface area (Å²) in [6.07, 6.45) is 3.30. The number of amides is 2. The van der Waals surface area contributed by atoms with Crippen molar-refractivity contribution in [3.8, 4) is 0 Å². The van der Waals surface area contributed by atoms with E-state index in [-0.39, 0.29) is 10.9 Å². The Hall–Kier alpha value is -2.26. The van der Waals surface area contributed by atoms with E-state index in [1.807, 2.05) is 0 Å². The maximum absolute atomic E-state index is 10.6. The van der Waals surface area contributed by atoms with Gasteiger partial charge in [-0.25, -0.2) is 0 Å². The summed E-state index contributed by atoms with van der Waals surface area (Å²) in [6.45, 7) is 8.05. The molecule has 2 amide bonds. The number of nitrogens with two attached hydrogens (primary N) is 1. The summed E-state index contributed by atoms with van der Waals surface area (Å²) in [7, 11) is 0. The van der Waals surface area contributed by atoms with E-state index in [1.54, 1.807) is 30.4 Å². The summed E-state index contributed by atoms with van der Waals surface area (Å²) < 4.78 is 0. The Labute approximate surface area is 145 Å². The van der Waals surface area contributed by atoms with Crippen molar-refractivity contribution in [2.75, 3.05) is 13.1 Å². The van der Waals surface area contributed by atoms with Crippen LogP contribution in [0.4, 0.5) is 15.3 Å². The van der Waals surface area contributed by atoms with Crippen LogP contribution < -0.4 is 5.73 Å². The number of hydrogen-bond acceptors (Lipinski definition) is 4. The average Bonchev–Trinajstić information content (AvgIpc) is 2.48. The second-order valence-corrected chi connectivity index (χ2v) is 4.52. The quantitative estimate of drug-likeness (QED) is 0.325. The molecule has 2 N–H and O–H groups in total. The predicted octanol–water partition coefficient (Wildman–Crippen LogP) is 3.30. The van der Waals surface area contributed by atoms with Crippen molar-refractivity contribution < 1.29 is 14.5 Å². The Kier molecular flexibility index (Phi) is 14.7. The van der Waals surface area contributed by atoms with Gasteiger partial charge in [0.25, 0.3) is 16.2 Å². The lowest BCUT2D eigenvalue weighted by Crippen LogP contribution is -2.26. The third-order valence-corrected chi connectivity index (χ3v) is 2.22. The van der Waals surface area contributed by atoms with Gasteiger partial charge in [-0.15, -0.1) is 13.2 Å². The van der Waals surface area contributed by atoms with Crippen LogP contribution in [0.3, 0.4) is 0 Å². The standard InChI is InChI=1S/C7H11NOS.C6H5NO2.CH3NOS/c1-3-5-8(6-4-2)7(9)10;8-7(9)6-4-2-1-3-5-6;2-1(3)4/h3-4H,1-2,5-6H2,(H,9,10);1-5H;(H3,2,3,4). The third-order valence-electron chi connectivity index (χ3n) is 1.94. The number of carbonyl (C=O) groups is 2. The highest BCUT2D eigenvalue weighted by Crippen LogP contribution is 2.06. The summed E-state index contributed by atoms with van der Waals surface area (Å²) in [5.41, 5.74) is 4.47. The second-order valence-electron chi connectivity index (χ2n) is 3.70. The number of para-hydroxylation sites is 1. The van der Waals surface area contributed by atoms with Crippen LogP contribution in [0.2, 0.25) is 0 Å². The molecule has 1 rings (SSSR count). The predicted molar refractivity (Wildman–Crippen MR) is 98.0 cm³/mol. The number of carbonyl (C=O) groups excluding carboxylic acids is 2. The van der Waals surface area contributed by atoms with Gasteiger partial charge in [-0.1, -0.05) is 55.6 Å². The number of nitrogens with zero attached hydrogens (tertiary/aromatic N) is 2. The van der Waals surface area contributed by atoms with Crippen molar-refractivity contribution in [3.05, 3.63) is 65.8 Å². The van der Waals surface area contributed by atoms with Crippen LogP contribution in [0.25, 0.3) is 0 Å². The lowest BCUT2D eigenvalue weighted by Gasteiger charge is -2.14. The van der Waals surface area contributed by atoms with Gasteiger partial charge in [0.05, 0.1) is 4.92 Å². The van der Waals surface area contributed by atoms with Crippen LogP contribution in [-0.2, 0) is 0 Å². The van der Waals surface area contributed by atoms with Crippen molar-refractivity contribution in [2.24, 2.45) is 5.73 Å². The van der Waals surface area contributed by atoms with E-state index in [0.29, 0.717) is 13.1 Å². The fourth-order valence-corrected chi connectivity index (χ4v) is 1.26. The summed E-state index contributed by atoms with van der Waals surface area (Å²) >= 11 is 6.76. The first-order chi connectivity index (χ1) is 10.8. The number of nitro groups is 1. The van der Waals surface area contributed by atoms with Gasteiger partial charge in [0.15, 0.2) is 0 Å². The van der Waals surface area contributed by atoms with Crippen LogP contribution in [0.1, 0.15) is 0 Å². The Morgan fingerprint density at radius 2 is 1.57 bits per heavy atom. The number of thiol groups is 2. The van der Waals surface area contributed by atoms with Gasteiger partial charge in [0, 0.05) is 25.2 Å². The molecule has 0 saturated carbocycles. The number of benzene rings is 1. The molecular formula is C14H19N3O4S2. The molecule has 0 saturated heterocycles. The third kappa shape index (κ3) is 15.9.